The Kier molecular flexibility index (Phi) is 5.46. The monoisotopic (exact) mass is 283 g/mol. The summed E-state index contributed by atoms with van der Waals surface area (Å²) >= 11 is 0. The van der Waals surface area contributed by atoms with Crippen LogP contribution in [0, 0.1) is 0 Å². The van der Waals surface area contributed by atoms with Gasteiger partial charge in [-0.3, -0.25) is 5.43 Å². The van der Waals surface area contributed by atoms with Gasteiger partial charge in [0.15, 0.2) is 0 Å². The van der Waals surface area contributed by atoms with E-state index in [4.69, 9.17) is 5.73 Å². The molecule has 0 atom stereocenters. The van der Waals surface area contributed by atoms with Crippen LogP contribution in [0.25, 0.3) is 0 Å². The Bertz CT molecular complexity index is 552. The zero-order valence-corrected chi connectivity index (χ0v) is 11.6. The van der Waals surface area contributed by atoms with Crippen LogP contribution in [0.3, 0.4) is 0 Å². The Labute approximate surface area is 112 Å². The van der Waals surface area contributed by atoms with Gasteiger partial charge >= 0.3 is 0 Å². The number of rotatable bonds is 4. The van der Waals surface area contributed by atoms with Crippen LogP contribution in [-0.4, -0.2) is 39.8 Å². The van der Waals surface area contributed by atoms with E-state index in [1.807, 2.05) is 6.07 Å². The van der Waals surface area contributed by atoms with Crippen molar-refractivity contribution in [2.75, 3.05) is 14.1 Å². The van der Waals surface area contributed by atoms with Gasteiger partial charge in [0.25, 0.3) is 10.0 Å². The van der Waals surface area contributed by atoms with E-state index >= 15 is 0 Å². The minimum absolute atomic E-state index is 0.0802. The molecule has 0 unspecified atom stereocenters. The molecule has 1 rings (SSSR count). The van der Waals surface area contributed by atoms with E-state index in [9.17, 15) is 8.42 Å². The van der Waals surface area contributed by atoms with Crippen molar-refractivity contribution < 1.29 is 8.42 Å². The summed E-state index contributed by atoms with van der Waals surface area (Å²) in [4.78, 5) is 3.66. The molecule has 0 amide bonds. The van der Waals surface area contributed by atoms with E-state index in [0.29, 0.717) is 5.56 Å². The molecule has 0 aromatic heterocycles. The van der Waals surface area contributed by atoms with Gasteiger partial charge in [-0.05, 0) is 5.56 Å². The molecule has 0 aliphatic carbocycles. The molecule has 0 aliphatic heterocycles. The first-order chi connectivity index (χ1) is 8.93. The average Bonchev–Trinajstić information content (AvgIpc) is 2.28. The highest BCUT2D eigenvalue weighted by Crippen LogP contribution is 2.07. The van der Waals surface area contributed by atoms with Gasteiger partial charge in [0.2, 0.25) is 5.96 Å². The molecule has 0 saturated carbocycles. The summed E-state index contributed by atoms with van der Waals surface area (Å²) < 4.78 is 27.4. The molecule has 7 nitrogen and oxygen atoms in total. The highest BCUT2D eigenvalue weighted by Gasteiger charge is 2.12. The highest BCUT2D eigenvalue weighted by atomic mass is 32.2. The summed E-state index contributed by atoms with van der Waals surface area (Å²) in [5.74, 6) is -0.268. The van der Waals surface area contributed by atoms with Crippen LogP contribution in [0.5, 0.6) is 0 Å². The van der Waals surface area contributed by atoms with Crippen molar-refractivity contribution in [3.63, 3.8) is 0 Å². The van der Waals surface area contributed by atoms with Gasteiger partial charge in [-0.25, -0.2) is 18.4 Å². The number of guanidine groups is 1. The second-order valence-corrected chi connectivity index (χ2v) is 5.55. The van der Waals surface area contributed by atoms with Crippen molar-refractivity contribution >= 4 is 22.3 Å². The molecule has 0 aliphatic rings. The van der Waals surface area contributed by atoms with Crippen molar-refractivity contribution in [3.05, 3.63) is 35.9 Å². The second-order valence-electron chi connectivity index (χ2n) is 3.91. The van der Waals surface area contributed by atoms with E-state index in [0.717, 1.165) is 6.34 Å². The Morgan fingerprint density at radius 1 is 1.37 bits per heavy atom. The van der Waals surface area contributed by atoms with Gasteiger partial charge in [0, 0.05) is 14.1 Å². The van der Waals surface area contributed by atoms with Crippen LogP contribution in [-0.2, 0) is 15.8 Å². The first-order valence-corrected chi connectivity index (χ1v) is 7.08. The Morgan fingerprint density at radius 3 is 2.53 bits per heavy atom. The Hall–Kier alpha value is -1.93. The molecule has 0 heterocycles. The van der Waals surface area contributed by atoms with Crippen LogP contribution >= 0.6 is 0 Å². The average molecular weight is 283 g/mol. The lowest BCUT2D eigenvalue weighted by atomic mass is 10.2. The lowest BCUT2D eigenvalue weighted by Crippen LogP contribution is -2.36. The third kappa shape index (κ3) is 5.98. The third-order valence-corrected chi connectivity index (χ3v) is 3.09. The Balaban J connectivity index is 2.92. The molecule has 0 bridgehead atoms. The van der Waals surface area contributed by atoms with Crippen molar-refractivity contribution in [2.24, 2.45) is 15.1 Å². The fourth-order valence-electron chi connectivity index (χ4n) is 1.29. The maximum absolute atomic E-state index is 11.9. The van der Waals surface area contributed by atoms with E-state index in [1.165, 1.54) is 5.01 Å². The molecule has 0 fully saturated rings. The van der Waals surface area contributed by atoms with E-state index < -0.39 is 10.0 Å². The van der Waals surface area contributed by atoms with Crippen LogP contribution in [0.15, 0.2) is 39.7 Å². The zero-order chi connectivity index (χ0) is 14.3. The molecule has 8 heteroatoms. The maximum atomic E-state index is 11.9. The first kappa shape index (κ1) is 15.1. The van der Waals surface area contributed by atoms with Gasteiger partial charge in [-0.2, -0.15) is 0 Å². The predicted octanol–water partition coefficient (Wildman–Crippen LogP) is -0.0744. The quantitative estimate of drug-likeness (QED) is 0.457. The van der Waals surface area contributed by atoms with Gasteiger partial charge < -0.3 is 5.73 Å². The normalized spacial score (nSPS) is 13.1. The standard InChI is InChI=1S/C11H17N5O2S/c1-16(2)14-11(13-9-12)15-19(17,18)8-10-6-4-3-5-7-10/h3-7,9H,8H2,1-2H3,(H3,12,13,14,15). The smallest absolute Gasteiger partial charge is 0.260 e. The second kappa shape index (κ2) is 6.86. The van der Waals surface area contributed by atoms with Crippen LogP contribution < -0.4 is 11.2 Å². The number of benzene rings is 1. The van der Waals surface area contributed by atoms with Gasteiger partial charge in [0.05, 0.1) is 12.1 Å². The summed E-state index contributed by atoms with van der Waals surface area (Å²) in [6, 6.07) is 8.80. The fraction of sp³-hybridized carbons (Fsp3) is 0.273. The number of sulfonamides is 1. The topological polar surface area (TPSA) is 100 Å². The van der Waals surface area contributed by atoms with Crippen molar-refractivity contribution in [1.29, 1.82) is 0 Å². The molecule has 0 radical (unpaired) electrons. The molecule has 0 saturated heterocycles. The lowest BCUT2D eigenvalue weighted by Gasteiger charge is -2.11. The third-order valence-electron chi connectivity index (χ3n) is 1.94. The van der Waals surface area contributed by atoms with Gasteiger partial charge in [0.1, 0.15) is 0 Å². The number of nitrogens with two attached hydrogens (primary N) is 1. The van der Waals surface area contributed by atoms with Gasteiger partial charge in [-0.1, -0.05) is 30.3 Å². The van der Waals surface area contributed by atoms with Crippen LogP contribution in [0.4, 0.5) is 0 Å². The summed E-state index contributed by atoms with van der Waals surface area (Å²) in [6.45, 7) is 0. The molecule has 3 N–H and O–H groups in total. The molecule has 1 aromatic carbocycles. The van der Waals surface area contributed by atoms with Crippen molar-refractivity contribution in [3.8, 4) is 0 Å². The van der Waals surface area contributed by atoms with Crippen molar-refractivity contribution in [2.45, 2.75) is 5.75 Å². The number of hydrogen-bond acceptors (Lipinski definition) is 3. The first-order valence-electron chi connectivity index (χ1n) is 5.48. The van der Waals surface area contributed by atoms with Crippen LogP contribution in [0.1, 0.15) is 5.56 Å². The largest absolute Gasteiger partial charge is 0.390 e. The van der Waals surface area contributed by atoms with E-state index in [2.05, 4.69) is 14.8 Å². The number of nitrogens with one attached hydrogen (secondary N) is 1. The highest BCUT2D eigenvalue weighted by molar-refractivity contribution is 7.89. The molecule has 19 heavy (non-hydrogen) atoms. The van der Waals surface area contributed by atoms with E-state index in [-0.39, 0.29) is 11.7 Å². The minimum Gasteiger partial charge on any atom is -0.390 e. The SMILES string of the molecule is CN(C)NC(/N=C/N)=N/S(=O)(=O)Cc1ccccc1. The lowest BCUT2D eigenvalue weighted by molar-refractivity contribution is 0.361. The number of aliphatic imine (C=N–C) groups is 1. The predicted molar refractivity (Wildman–Crippen MR) is 76.0 cm³/mol. The summed E-state index contributed by atoms with van der Waals surface area (Å²) in [7, 11) is -0.300. The molecule has 1 aromatic rings. The molecular weight excluding hydrogens is 266 g/mol. The van der Waals surface area contributed by atoms with E-state index in [1.54, 1.807) is 38.4 Å². The maximum Gasteiger partial charge on any atom is 0.260 e. The molecular formula is C11H17N5O2S. The number of hydrogen-bond donors (Lipinski definition) is 2. The summed E-state index contributed by atoms with van der Waals surface area (Å²) in [5, 5.41) is 1.52. The molecule has 0 spiro atoms. The number of hydrazine groups is 1. The Morgan fingerprint density at radius 2 is 2.00 bits per heavy atom. The molecule has 104 valence electrons. The zero-order valence-electron chi connectivity index (χ0n) is 10.8. The van der Waals surface area contributed by atoms with Crippen LogP contribution in [0.2, 0.25) is 0 Å². The van der Waals surface area contributed by atoms with Crippen molar-refractivity contribution in [1.82, 2.24) is 10.4 Å². The number of nitrogens with zero attached hydrogens (tertiary/aromatic N) is 3. The summed E-state index contributed by atoms with van der Waals surface area (Å²) in [5.41, 5.74) is 8.46. The van der Waals surface area contributed by atoms with Gasteiger partial charge in [-0.15, -0.1) is 4.40 Å². The fourth-order valence-corrected chi connectivity index (χ4v) is 2.32. The summed E-state index contributed by atoms with van der Waals surface area (Å²) in [6.07, 6.45) is 0.980. The minimum atomic E-state index is -3.67.